The molecule has 37 heavy (non-hydrogen) atoms. The largest absolute Gasteiger partial charge is 0.479 e. The van der Waals surface area contributed by atoms with Gasteiger partial charge >= 0.3 is 0 Å². The van der Waals surface area contributed by atoms with Crippen molar-refractivity contribution in [1.82, 2.24) is 34.7 Å². The molecule has 2 unspecified atom stereocenters. The molecule has 0 fully saturated rings. The zero-order valence-corrected chi connectivity index (χ0v) is 21.7. The number of hydrogen-bond acceptors (Lipinski definition) is 11. The van der Waals surface area contributed by atoms with Crippen molar-refractivity contribution >= 4 is 16.0 Å². The molecule has 194 valence electrons. The molecule has 1 aromatic carbocycles. The van der Waals surface area contributed by atoms with Crippen LogP contribution in [0, 0.1) is 6.92 Å². The Morgan fingerprint density at radius 2 is 1.54 bits per heavy atom. The standard InChI is InChI=1S/C23H26N8O5S/c1-14-11-24-19(25-12-14)18(34-3)15(2)37(32,33)30-23-29-28-20(16-9-7-6-8-10-16)31(23)17-21(35-4)26-13-27-22(17)36-5/h6-13,15,18H,1-5H3,(H,29,30). The van der Waals surface area contributed by atoms with Crippen molar-refractivity contribution in [1.29, 1.82) is 0 Å². The van der Waals surface area contributed by atoms with E-state index in [2.05, 4.69) is 34.9 Å². The summed E-state index contributed by atoms with van der Waals surface area (Å²) in [7, 11) is 0.124. The summed E-state index contributed by atoms with van der Waals surface area (Å²) in [5, 5.41) is 7.28. The number of sulfonamides is 1. The molecule has 3 aromatic heterocycles. The predicted octanol–water partition coefficient (Wildman–Crippen LogP) is 2.36. The lowest BCUT2D eigenvalue weighted by molar-refractivity contribution is 0.0949. The van der Waals surface area contributed by atoms with E-state index in [1.165, 1.54) is 39.1 Å². The quantitative estimate of drug-likeness (QED) is 0.323. The Balaban J connectivity index is 1.83. The van der Waals surface area contributed by atoms with Crippen molar-refractivity contribution in [3.63, 3.8) is 0 Å². The van der Waals surface area contributed by atoms with Crippen LogP contribution < -0.4 is 14.2 Å². The number of methoxy groups -OCH3 is 3. The van der Waals surface area contributed by atoms with Gasteiger partial charge in [0.05, 0.1) is 14.2 Å². The van der Waals surface area contributed by atoms with E-state index in [4.69, 9.17) is 14.2 Å². The highest BCUT2D eigenvalue weighted by atomic mass is 32.2. The summed E-state index contributed by atoms with van der Waals surface area (Å²) in [6.45, 7) is 3.33. The molecule has 0 spiro atoms. The minimum Gasteiger partial charge on any atom is -0.479 e. The SMILES string of the molecule is COc1ncnc(OC)c1-n1c(NS(=O)(=O)C(C)C(OC)c2ncc(C)cn2)nnc1-c1ccccc1. The number of rotatable bonds is 10. The van der Waals surface area contributed by atoms with Crippen LogP contribution in [0.5, 0.6) is 11.8 Å². The zero-order valence-electron chi connectivity index (χ0n) is 20.9. The van der Waals surface area contributed by atoms with Gasteiger partial charge in [-0.05, 0) is 19.4 Å². The van der Waals surface area contributed by atoms with Crippen molar-refractivity contribution in [3.8, 4) is 28.8 Å². The first-order chi connectivity index (χ1) is 17.8. The summed E-state index contributed by atoms with van der Waals surface area (Å²) in [4.78, 5) is 16.8. The molecule has 0 radical (unpaired) electrons. The molecule has 0 amide bonds. The summed E-state index contributed by atoms with van der Waals surface area (Å²) < 4.78 is 47.4. The second-order valence-electron chi connectivity index (χ2n) is 7.92. The minimum atomic E-state index is -4.12. The Morgan fingerprint density at radius 1 is 0.919 bits per heavy atom. The summed E-state index contributed by atoms with van der Waals surface area (Å²) in [6, 6.07) is 9.10. The van der Waals surface area contributed by atoms with Gasteiger partial charge < -0.3 is 14.2 Å². The van der Waals surface area contributed by atoms with E-state index in [-0.39, 0.29) is 29.2 Å². The third-order valence-electron chi connectivity index (χ3n) is 5.52. The number of ether oxygens (including phenoxy) is 3. The van der Waals surface area contributed by atoms with Gasteiger partial charge in [-0.15, -0.1) is 10.2 Å². The lowest BCUT2D eigenvalue weighted by Crippen LogP contribution is -2.33. The van der Waals surface area contributed by atoms with Crippen molar-refractivity contribution in [2.24, 2.45) is 0 Å². The first-order valence-electron chi connectivity index (χ1n) is 11.1. The van der Waals surface area contributed by atoms with Gasteiger partial charge in [-0.3, -0.25) is 9.29 Å². The topological polar surface area (TPSA) is 156 Å². The zero-order chi connectivity index (χ0) is 26.6. The van der Waals surface area contributed by atoms with E-state index < -0.39 is 21.4 Å². The molecule has 3 heterocycles. The molecule has 0 saturated heterocycles. The van der Waals surface area contributed by atoms with Crippen LogP contribution in [-0.4, -0.2) is 69.7 Å². The van der Waals surface area contributed by atoms with E-state index in [1.807, 2.05) is 25.1 Å². The summed E-state index contributed by atoms with van der Waals surface area (Å²) >= 11 is 0. The Hall–Kier alpha value is -4.17. The van der Waals surface area contributed by atoms with E-state index in [9.17, 15) is 8.42 Å². The van der Waals surface area contributed by atoms with Gasteiger partial charge in [-0.2, -0.15) is 9.97 Å². The molecule has 0 aliphatic heterocycles. The van der Waals surface area contributed by atoms with Crippen LogP contribution >= 0.6 is 0 Å². The second kappa shape index (κ2) is 10.8. The first kappa shape index (κ1) is 25.9. The van der Waals surface area contributed by atoms with Gasteiger partial charge in [0.25, 0.3) is 0 Å². The van der Waals surface area contributed by atoms with Crippen LogP contribution in [0.3, 0.4) is 0 Å². The third-order valence-corrected chi connectivity index (χ3v) is 7.21. The molecule has 2 atom stereocenters. The lowest BCUT2D eigenvalue weighted by Gasteiger charge is -2.22. The van der Waals surface area contributed by atoms with Crippen molar-refractivity contribution in [3.05, 3.63) is 60.4 Å². The van der Waals surface area contributed by atoms with Crippen LogP contribution in [0.25, 0.3) is 17.1 Å². The van der Waals surface area contributed by atoms with E-state index in [0.29, 0.717) is 11.4 Å². The molecular formula is C23H26N8O5S. The van der Waals surface area contributed by atoms with Gasteiger partial charge in [0.15, 0.2) is 17.3 Å². The molecule has 13 nitrogen and oxygen atoms in total. The normalized spacial score (nSPS) is 13.1. The molecule has 1 N–H and O–H groups in total. The maximum atomic E-state index is 13.6. The highest BCUT2D eigenvalue weighted by Gasteiger charge is 2.35. The van der Waals surface area contributed by atoms with Gasteiger partial charge in [0, 0.05) is 25.1 Å². The van der Waals surface area contributed by atoms with Crippen LogP contribution in [0.2, 0.25) is 0 Å². The molecule has 0 saturated carbocycles. The van der Waals surface area contributed by atoms with Gasteiger partial charge in [-0.1, -0.05) is 30.3 Å². The number of nitrogens with zero attached hydrogens (tertiary/aromatic N) is 7. The van der Waals surface area contributed by atoms with E-state index in [1.54, 1.807) is 24.5 Å². The average molecular weight is 527 g/mol. The van der Waals surface area contributed by atoms with Crippen molar-refractivity contribution in [2.45, 2.75) is 25.2 Å². The Bertz CT molecular complexity index is 1440. The number of benzene rings is 1. The number of aromatic nitrogens is 7. The number of aryl methyl sites for hydroxylation is 1. The van der Waals surface area contributed by atoms with Gasteiger partial charge in [-0.25, -0.2) is 18.4 Å². The molecule has 0 aliphatic rings. The summed E-state index contributed by atoms with van der Waals surface area (Å²) in [5.41, 5.74) is 1.71. The van der Waals surface area contributed by atoms with Crippen LogP contribution in [0.15, 0.2) is 49.1 Å². The third kappa shape index (κ3) is 5.20. The van der Waals surface area contributed by atoms with E-state index >= 15 is 0 Å². The molecule has 0 aliphatic carbocycles. The smallest absolute Gasteiger partial charge is 0.245 e. The highest BCUT2D eigenvalue weighted by molar-refractivity contribution is 7.93. The monoisotopic (exact) mass is 526 g/mol. The summed E-state index contributed by atoms with van der Waals surface area (Å²) in [5.74, 6) is 0.664. The maximum Gasteiger partial charge on any atom is 0.245 e. The molecule has 4 aromatic rings. The van der Waals surface area contributed by atoms with E-state index in [0.717, 1.165) is 5.56 Å². The highest BCUT2D eigenvalue weighted by Crippen LogP contribution is 2.35. The average Bonchev–Trinajstić information content (AvgIpc) is 3.32. The minimum absolute atomic E-state index is 0.125. The van der Waals surface area contributed by atoms with Crippen LogP contribution in [-0.2, 0) is 14.8 Å². The van der Waals surface area contributed by atoms with Crippen LogP contribution in [0.4, 0.5) is 5.95 Å². The second-order valence-corrected chi connectivity index (χ2v) is 9.95. The molecule has 0 bridgehead atoms. The Kier molecular flexibility index (Phi) is 7.59. The summed E-state index contributed by atoms with van der Waals surface area (Å²) in [6.07, 6.45) is 3.51. The van der Waals surface area contributed by atoms with Crippen molar-refractivity contribution < 1.29 is 22.6 Å². The predicted molar refractivity (Wildman–Crippen MR) is 134 cm³/mol. The number of hydrogen-bond donors (Lipinski definition) is 1. The lowest BCUT2D eigenvalue weighted by atomic mass is 10.2. The Morgan fingerprint density at radius 3 is 2.11 bits per heavy atom. The fraction of sp³-hybridized carbons (Fsp3) is 0.304. The number of anilines is 1. The molecular weight excluding hydrogens is 500 g/mol. The molecule has 4 rings (SSSR count). The first-order valence-corrected chi connectivity index (χ1v) is 12.6. The fourth-order valence-corrected chi connectivity index (χ4v) is 4.74. The van der Waals surface area contributed by atoms with Crippen molar-refractivity contribution in [2.75, 3.05) is 26.1 Å². The van der Waals surface area contributed by atoms with Crippen LogP contribution in [0.1, 0.15) is 24.4 Å². The van der Waals surface area contributed by atoms with Gasteiger partial charge in [0.1, 0.15) is 17.7 Å². The van der Waals surface area contributed by atoms with Gasteiger partial charge in [0.2, 0.25) is 27.7 Å². The Labute approximate surface area is 214 Å². The number of nitrogens with one attached hydrogen (secondary N) is 1. The molecule has 14 heteroatoms. The maximum absolute atomic E-state index is 13.6. The fourth-order valence-electron chi connectivity index (χ4n) is 3.61.